The lowest BCUT2D eigenvalue weighted by atomic mass is 9.84. The Kier molecular flexibility index (Phi) is 3.20. The number of rotatable bonds is 3. The third-order valence-electron chi connectivity index (χ3n) is 3.12. The van der Waals surface area contributed by atoms with E-state index in [-0.39, 0.29) is 5.60 Å². The van der Waals surface area contributed by atoms with Crippen molar-refractivity contribution in [3.8, 4) is 5.75 Å². The molecule has 2 rings (SSSR count). The van der Waals surface area contributed by atoms with Crippen molar-refractivity contribution in [1.29, 1.82) is 0 Å². The molecule has 1 aromatic carbocycles. The van der Waals surface area contributed by atoms with Gasteiger partial charge in [0.1, 0.15) is 11.4 Å². The minimum atomic E-state index is -0.0472. The van der Waals surface area contributed by atoms with E-state index in [4.69, 9.17) is 4.74 Å². The Morgan fingerprint density at radius 2 is 2.12 bits per heavy atom. The van der Waals surface area contributed by atoms with Crippen molar-refractivity contribution in [3.63, 3.8) is 0 Å². The van der Waals surface area contributed by atoms with Crippen LogP contribution in [0.4, 0.5) is 0 Å². The highest BCUT2D eigenvalue weighted by Crippen LogP contribution is 2.40. The van der Waals surface area contributed by atoms with E-state index in [1.807, 2.05) is 6.07 Å². The molecular weight excluding hydrogens is 198 g/mol. The molecule has 2 nitrogen and oxygen atoms in total. The molecule has 0 spiro atoms. The Morgan fingerprint density at radius 3 is 2.88 bits per heavy atom. The zero-order valence-corrected chi connectivity index (χ0v) is 10.4. The predicted molar refractivity (Wildman–Crippen MR) is 67.1 cm³/mol. The van der Waals surface area contributed by atoms with Gasteiger partial charge in [0.25, 0.3) is 0 Å². The number of likely N-dealkylation sites (N-methyl/N-ethyl adjacent to an activating group) is 1. The van der Waals surface area contributed by atoms with Crippen molar-refractivity contribution in [3.05, 3.63) is 29.8 Å². The Labute approximate surface area is 98.0 Å². The Balaban J connectivity index is 2.25. The zero-order chi connectivity index (χ0) is 11.6. The summed E-state index contributed by atoms with van der Waals surface area (Å²) in [5.41, 5.74) is 1.30. The average Bonchev–Trinajstić information content (AvgIpc) is 2.24. The molecule has 1 heterocycles. The third-order valence-corrected chi connectivity index (χ3v) is 3.12. The lowest BCUT2D eigenvalue weighted by molar-refractivity contribution is 0.0718. The van der Waals surface area contributed by atoms with Crippen LogP contribution in [-0.4, -0.2) is 18.7 Å². The number of fused-ring (bicyclic) bond motifs is 1. The van der Waals surface area contributed by atoms with Crippen LogP contribution in [0.1, 0.15) is 38.7 Å². The first-order valence-electron chi connectivity index (χ1n) is 6.11. The molecule has 0 saturated carbocycles. The van der Waals surface area contributed by atoms with Gasteiger partial charge in [-0.15, -0.1) is 0 Å². The van der Waals surface area contributed by atoms with Crippen molar-refractivity contribution in [2.45, 2.75) is 38.7 Å². The first kappa shape index (κ1) is 11.5. The second kappa shape index (κ2) is 4.46. The average molecular weight is 219 g/mol. The predicted octanol–water partition coefficient (Wildman–Crippen LogP) is 2.94. The summed E-state index contributed by atoms with van der Waals surface area (Å²) < 4.78 is 6.00. The van der Waals surface area contributed by atoms with E-state index in [0.29, 0.717) is 5.92 Å². The van der Waals surface area contributed by atoms with Crippen LogP contribution < -0.4 is 10.1 Å². The lowest BCUT2D eigenvalue weighted by Crippen LogP contribution is -2.37. The van der Waals surface area contributed by atoms with Gasteiger partial charge in [0.15, 0.2) is 0 Å². The van der Waals surface area contributed by atoms with Gasteiger partial charge in [0, 0.05) is 12.5 Å². The van der Waals surface area contributed by atoms with Gasteiger partial charge >= 0.3 is 0 Å². The summed E-state index contributed by atoms with van der Waals surface area (Å²) in [4.78, 5) is 0. The van der Waals surface area contributed by atoms with Crippen LogP contribution >= 0.6 is 0 Å². The SMILES string of the molecule is CCNCC1CC(C)(C)Oc2ccccc21. The first-order valence-corrected chi connectivity index (χ1v) is 6.11. The van der Waals surface area contributed by atoms with Crippen LogP contribution in [-0.2, 0) is 0 Å². The fraction of sp³-hybridized carbons (Fsp3) is 0.571. The van der Waals surface area contributed by atoms with Crippen molar-refractivity contribution in [2.75, 3.05) is 13.1 Å². The van der Waals surface area contributed by atoms with Gasteiger partial charge in [-0.1, -0.05) is 25.1 Å². The lowest BCUT2D eigenvalue weighted by Gasteiger charge is -2.37. The molecule has 1 aromatic rings. The van der Waals surface area contributed by atoms with Gasteiger partial charge in [-0.05, 0) is 38.4 Å². The highest BCUT2D eigenvalue weighted by atomic mass is 16.5. The molecule has 1 atom stereocenters. The zero-order valence-electron chi connectivity index (χ0n) is 10.4. The topological polar surface area (TPSA) is 21.3 Å². The highest BCUT2D eigenvalue weighted by molar-refractivity contribution is 5.39. The van der Waals surface area contributed by atoms with E-state index in [1.165, 1.54) is 5.56 Å². The van der Waals surface area contributed by atoms with E-state index < -0.39 is 0 Å². The number of nitrogens with one attached hydrogen (secondary N) is 1. The molecule has 0 amide bonds. The van der Waals surface area contributed by atoms with E-state index in [9.17, 15) is 0 Å². The minimum Gasteiger partial charge on any atom is -0.488 e. The fourth-order valence-electron chi connectivity index (χ4n) is 2.45. The smallest absolute Gasteiger partial charge is 0.123 e. The monoisotopic (exact) mass is 219 g/mol. The summed E-state index contributed by atoms with van der Waals surface area (Å²) in [5.74, 6) is 1.63. The maximum Gasteiger partial charge on any atom is 0.123 e. The van der Waals surface area contributed by atoms with Gasteiger partial charge in [0.05, 0.1) is 0 Å². The molecule has 88 valence electrons. The second-order valence-electron chi connectivity index (χ2n) is 5.11. The van der Waals surface area contributed by atoms with Crippen LogP contribution in [0.3, 0.4) is 0 Å². The number of hydrogen-bond acceptors (Lipinski definition) is 2. The number of hydrogen-bond donors (Lipinski definition) is 1. The molecular formula is C14H21NO. The molecule has 1 aliphatic rings. The number of benzene rings is 1. The van der Waals surface area contributed by atoms with Crippen LogP contribution in [0.5, 0.6) is 5.75 Å². The highest BCUT2D eigenvalue weighted by Gasteiger charge is 2.32. The molecule has 1 N–H and O–H groups in total. The molecule has 2 heteroatoms. The fourth-order valence-corrected chi connectivity index (χ4v) is 2.45. The third kappa shape index (κ3) is 2.38. The normalized spacial score (nSPS) is 22.3. The van der Waals surface area contributed by atoms with Gasteiger partial charge in [0.2, 0.25) is 0 Å². The number of para-hydroxylation sites is 1. The van der Waals surface area contributed by atoms with Crippen LogP contribution in [0.2, 0.25) is 0 Å². The van der Waals surface area contributed by atoms with Crippen LogP contribution in [0.25, 0.3) is 0 Å². The van der Waals surface area contributed by atoms with Crippen molar-refractivity contribution >= 4 is 0 Å². The Hall–Kier alpha value is -1.02. The molecule has 1 aliphatic heterocycles. The van der Waals surface area contributed by atoms with Gasteiger partial charge < -0.3 is 10.1 Å². The summed E-state index contributed by atoms with van der Waals surface area (Å²) in [5, 5.41) is 3.44. The summed E-state index contributed by atoms with van der Waals surface area (Å²) in [7, 11) is 0. The molecule has 0 fully saturated rings. The molecule has 1 unspecified atom stereocenters. The molecule has 0 saturated heterocycles. The largest absolute Gasteiger partial charge is 0.488 e. The maximum absolute atomic E-state index is 6.00. The molecule has 0 bridgehead atoms. The molecule has 0 radical (unpaired) electrons. The van der Waals surface area contributed by atoms with Crippen molar-refractivity contribution < 1.29 is 4.74 Å². The Morgan fingerprint density at radius 1 is 1.38 bits per heavy atom. The van der Waals surface area contributed by atoms with Crippen molar-refractivity contribution in [1.82, 2.24) is 5.32 Å². The van der Waals surface area contributed by atoms with Crippen LogP contribution in [0.15, 0.2) is 24.3 Å². The maximum atomic E-state index is 6.00. The second-order valence-corrected chi connectivity index (χ2v) is 5.11. The quantitative estimate of drug-likeness (QED) is 0.844. The van der Waals surface area contributed by atoms with Crippen LogP contribution in [0, 0.1) is 0 Å². The first-order chi connectivity index (χ1) is 7.62. The van der Waals surface area contributed by atoms with E-state index in [1.54, 1.807) is 0 Å². The van der Waals surface area contributed by atoms with E-state index >= 15 is 0 Å². The molecule has 16 heavy (non-hydrogen) atoms. The van der Waals surface area contributed by atoms with Crippen molar-refractivity contribution in [2.24, 2.45) is 0 Å². The summed E-state index contributed by atoms with van der Waals surface area (Å²) in [6, 6.07) is 8.41. The molecule has 0 aromatic heterocycles. The van der Waals surface area contributed by atoms with Gasteiger partial charge in [-0.3, -0.25) is 0 Å². The van der Waals surface area contributed by atoms with Gasteiger partial charge in [-0.25, -0.2) is 0 Å². The summed E-state index contributed by atoms with van der Waals surface area (Å²) in [6.07, 6.45) is 1.08. The summed E-state index contributed by atoms with van der Waals surface area (Å²) >= 11 is 0. The minimum absolute atomic E-state index is 0.0472. The Bertz CT molecular complexity index is 360. The number of ether oxygens (including phenoxy) is 1. The standard InChI is InChI=1S/C14H21NO/c1-4-15-10-11-9-14(2,3)16-13-8-6-5-7-12(11)13/h5-8,11,15H,4,9-10H2,1-3H3. The van der Waals surface area contributed by atoms with Gasteiger partial charge in [-0.2, -0.15) is 0 Å². The molecule has 0 aliphatic carbocycles. The van der Waals surface area contributed by atoms with E-state index in [0.717, 1.165) is 25.3 Å². The summed E-state index contributed by atoms with van der Waals surface area (Å²) in [6.45, 7) is 8.56. The van der Waals surface area contributed by atoms with E-state index in [2.05, 4.69) is 44.3 Å².